The van der Waals surface area contributed by atoms with E-state index in [1.54, 1.807) is 24.3 Å². The summed E-state index contributed by atoms with van der Waals surface area (Å²) in [6, 6.07) is 11.1. The summed E-state index contributed by atoms with van der Waals surface area (Å²) in [4.78, 5) is 11.8. The van der Waals surface area contributed by atoms with Gasteiger partial charge in [0.25, 0.3) is 5.91 Å². The van der Waals surface area contributed by atoms with Crippen LogP contribution in [-0.4, -0.2) is 18.6 Å². The molecule has 0 fully saturated rings. The number of ether oxygens (including phenoxy) is 2. The number of rotatable bonds is 6. The van der Waals surface area contributed by atoms with Crippen LogP contribution >= 0.6 is 0 Å². The summed E-state index contributed by atoms with van der Waals surface area (Å²) in [5, 5.41) is 2.60. The Hall–Kier alpha value is -2.70. The number of hydrogen-bond donors (Lipinski definition) is 1. The van der Waals surface area contributed by atoms with Gasteiger partial charge in [-0.05, 0) is 56.3 Å². The number of carbonyl (C=O) groups excluding carboxylic acids is 1. The largest absolute Gasteiger partial charge is 0.491 e. The molecule has 1 amide bonds. The van der Waals surface area contributed by atoms with Gasteiger partial charge in [-0.3, -0.25) is 4.79 Å². The highest BCUT2D eigenvalue weighted by atomic mass is 19.4. The number of alkyl halides is 3. The zero-order chi connectivity index (χ0) is 18.4. The fraction of sp³-hybridized carbons (Fsp3) is 0.278. The first-order valence-corrected chi connectivity index (χ1v) is 7.60. The highest BCUT2D eigenvalue weighted by Gasteiger charge is 2.30. The average molecular weight is 353 g/mol. The molecule has 0 saturated carbocycles. The zero-order valence-corrected chi connectivity index (χ0v) is 13.8. The monoisotopic (exact) mass is 353 g/mol. The predicted octanol–water partition coefficient (Wildman–Crippen LogP) is 4.51. The van der Waals surface area contributed by atoms with Crippen molar-refractivity contribution in [3.05, 3.63) is 54.1 Å². The minimum atomic E-state index is -4.46. The molecule has 2 aromatic carbocycles. The summed E-state index contributed by atoms with van der Waals surface area (Å²) in [5.41, 5.74) is -0.292. The van der Waals surface area contributed by atoms with Crippen molar-refractivity contribution >= 4 is 11.6 Å². The van der Waals surface area contributed by atoms with Crippen LogP contribution in [0.4, 0.5) is 18.9 Å². The Labute approximate surface area is 143 Å². The Morgan fingerprint density at radius 2 is 1.76 bits per heavy atom. The Morgan fingerprint density at radius 3 is 2.36 bits per heavy atom. The van der Waals surface area contributed by atoms with E-state index < -0.39 is 24.3 Å². The molecule has 0 aromatic heterocycles. The maximum atomic E-state index is 12.6. The molecule has 2 rings (SSSR count). The zero-order valence-electron chi connectivity index (χ0n) is 13.8. The van der Waals surface area contributed by atoms with Crippen molar-refractivity contribution in [2.45, 2.75) is 26.1 Å². The maximum absolute atomic E-state index is 12.6. The van der Waals surface area contributed by atoms with Crippen LogP contribution in [0.3, 0.4) is 0 Å². The standard InChI is InChI=1S/C18H18F3NO3/c1-12(2)25-15-8-6-14(7-9-15)22-17(23)11-24-16-5-3-4-13(10-16)18(19,20)21/h3-10,12H,11H2,1-2H3,(H,22,23). The number of anilines is 1. The first kappa shape index (κ1) is 18.6. The topological polar surface area (TPSA) is 47.6 Å². The minimum absolute atomic E-state index is 0.0225. The minimum Gasteiger partial charge on any atom is -0.491 e. The molecule has 0 spiro atoms. The molecule has 4 nitrogen and oxygen atoms in total. The molecule has 0 heterocycles. The summed E-state index contributed by atoms with van der Waals surface area (Å²) >= 11 is 0. The molecular formula is C18H18F3NO3. The van der Waals surface area contributed by atoms with Gasteiger partial charge in [0, 0.05) is 5.69 Å². The summed E-state index contributed by atoms with van der Waals surface area (Å²) < 4.78 is 48.5. The van der Waals surface area contributed by atoms with E-state index in [-0.39, 0.29) is 11.9 Å². The van der Waals surface area contributed by atoms with Crippen LogP contribution in [0.25, 0.3) is 0 Å². The molecule has 0 unspecified atom stereocenters. The van der Waals surface area contributed by atoms with Crippen molar-refractivity contribution in [1.29, 1.82) is 0 Å². The van der Waals surface area contributed by atoms with E-state index in [2.05, 4.69) is 5.32 Å². The van der Waals surface area contributed by atoms with Crippen LogP contribution in [-0.2, 0) is 11.0 Å². The van der Waals surface area contributed by atoms with Gasteiger partial charge in [0.1, 0.15) is 11.5 Å². The second-order valence-corrected chi connectivity index (χ2v) is 5.55. The lowest BCUT2D eigenvalue weighted by atomic mass is 10.2. The van der Waals surface area contributed by atoms with Gasteiger partial charge in [0.2, 0.25) is 0 Å². The molecule has 0 saturated heterocycles. The van der Waals surface area contributed by atoms with Gasteiger partial charge < -0.3 is 14.8 Å². The summed E-state index contributed by atoms with van der Waals surface area (Å²) in [7, 11) is 0. The molecule has 0 aliphatic heterocycles. The molecule has 25 heavy (non-hydrogen) atoms. The molecule has 7 heteroatoms. The van der Waals surface area contributed by atoms with Crippen molar-refractivity contribution < 1.29 is 27.4 Å². The van der Waals surface area contributed by atoms with E-state index in [1.165, 1.54) is 12.1 Å². The van der Waals surface area contributed by atoms with Gasteiger partial charge in [-0.1, -0.05) is 6.07 Å². The third-order valence-electron chi connectivity index (χ3n) is 3.04. The number of hydrogen-bond acceptors (Lipinski definition) is 3. The lowest BCUT2D eigenvalue weighted by Crippen LogP contribution is -2.20. The Kier molecular flexibility index (Phi) is 5.90. The number of benzene rings is 2. The predicted molar refractivity (Wildman–Crippen MR) is 87.8 cm³/mol. The van der Waals surface area contributed by atoms with Crippen LogP contribution in [0.2, 0.25) is 0 Å². The van der Waals surface area contributed by atoms with Crippen molar-refractivity contribution in [2.75, 3.05) is 11.9 Å². The lowest BCUT2D eigenvalue weighted by Gasteiger charge is -2.12. The first-order chi connectivity index (χ1) is 11.7. The summed E-state index contributed by atoms with van der Waals surface area (Å²) in [6.07, 6.45) is -4.41. The quantitative estimate of drug-likeness (QED) is 0.831. The second-order valence-electron chi connectivity index (χ2n) is 5.55. The van der Waals surface area contributed by atoms with Crippen molar-refractivity contribution in [3.63, 3.8) is 0 Å². The van der Waals surface area contributed by atoms with Gasteiger partial charge in [0.15, 0.2) is 6.61 Å². The number of amides is 1. The molecule has 0 aliphatic carbocycles. The Morgan fingerprint density at radius 1 is 1.08 bits per heavy atom. The van der Waals surface area contributed by atoms with Crippen molar-refractivity contribution in [3.8, 4) is 11.5 Å². The number of nitrogens with one attached hydrogen (secondary N) is 1. The highest BCUT2D eigenvalue weighted by molar-refractivity contribution is 5.91. The van der Waals surface area contributed by atoms with E-state index >= 15 is 0 Å². The van der Waals surface area contributed by atoms with Gasteiger partial charge in [-0.15, -0.1) is 0 Å². The van der Waals surface area contributed by atoms with Crippen LogP contribution in [0, 0.1) is 0 Å². The van der Waals surface area contributed by atoms with Crippen LogP contribution in [0.1, 0.15) is 19.4 Å². The number of carbonyl (C=O) groups is 1. The van der Waals surface area contributed by atoms with Gasteiger partial charge in [-0.25, -0.2) is 0 Å². The van der Waals surface area contributed by atoms with E-state index in [9.17, 15) is 18.0 Å². The second kappa shape index (κ2) is 7.92. The maximum Gasteiger partial charge on any atom is 0.416 e. The van der Waals surface area contributed by atoms with E-state index in [0.717, 1.165) is 12.1 Å². The normalized spacial score (nSPS) is 11.3. The van der Waals surface area contributed by atoms with Gasteiger partial charge in [-0.2, -0.15) is 13.2 Å². The van der Waals surface area contributed by atoms with Crippen LogP contribution < -0.4 is 14.8 Å². The fourth-order valence-corrected chi connectivity index (χ4v) is 2.00. The lowest BCUT2D eigenvalue weighted by molar-refractivity contribution is -0.137. The van der Waals surface area contributed by atoms with Crippen molar-refractivity contribution in [2.24, 2.45) is 0 Å². The summed E-state index contributed by atoms with van der Waals surface area (Å²) in [5.74, 6) is 0.175. The van der Waals surface area contributed by atoms with E-state index in [1.807, 2.05) is 13.8 Å². The van der Waals surface area contributed by atoms with Crippen LogP contribution in [0.15, 0.2) is 48.5 Å². The van der Waals surface area contributed by atoms with E-state index in [0.29, 0.717) is 11.4 Å². The fourth-order valence-electron chi connectivity index (χ4n) is 2.00. The third kappa shape index (κ3) is 6.02. The third-order valence-corrected chi connectivity index (χ3v) is 3.04. The van der Waals surface area contributed by atoms with Gasteiger partial charge in [0.05, 0.1) is 11.7 Å². The first-order valence-electron chi connectivity index (χ1n) is 7.60. The Balaban J connectivity index is 1.88. The molecule has 0 aliphatic rings. The molecule has 0 atom stereocenters. The number of halogens is 3. The highest BCUT2D eigenvalue weighted by Crippen LogP contribution is 2.31. The molecular weight excluding hydrogens is 335 g/mol. The summed E-state index contributed by atoms with van der Waals surface area (Å²) in [6.45, 7) is 3.41. The SMILES string of the molecule is CC(C)Oc1ccc(NC(=O)COc2cccc(C(F)(F)F)c2)cc1. The molecule has 0 radical (unpaired) electrons. The molecule has 1 N–H and O–H groups in total. The van der Waals surface area contributed by atoms with E-state index in [4.69, 9.17) is 9.47 Å². The molecule has 134 valence electrons. The van der Waals surface area contributed by atoms with Crippen LogP contribution in [0.5, 0.6) is 11.5 Å². The van der Waals surface area contributed by atoms with Crippen molar-refractivity contribution in [1.82, 2.24) is 0 Å². The Bertz CT molecular complexity index is 712. The molecule has 0 bridgehead atoms. The molecule has 2 aromatic rings. The van der Waals surface area contributed by atoms with Gasteiger partial charge >= 0.3 is 6.18 Å². The average Bonchev–Trinajstić information content (AvgIpc) is 2.54. The smallest absolute Gasteiger partial charge is 0.416 e.